The third-order valence-corrected chi connectivity index (χ3v) is 6.43. The van der Waals surface area contributed by atoms with Gasteiger partial charge in [-0.3, -0.25) is 4.79 Å². The highest BCUT2D eigenvalue weighted by Crippen LogP contribution is 2.53. The maximum absolute atomic E-state index is 14.0. The van der Waals surface area contributed by atoms with Gasteiger partial charge in [0.1, 0.15) is 0 Å². The molecule has 1 amide bonds. The van der Waals surface area contributed by atoms with Crippen molar-refractivity contribution < 1.29 is 9.90 Å². The number of carbonyl (C=O) groups excluding carboxylic acids is 1. The minimum Gasteiger partial charge on any atom is -0.389 e. The zero-order valence-electron chi connectivity index (χ0n) is 16.8. The Labute approximate surface area is 172 Å². The number of carbonyl (C=O) groups is 1. The molecule has 4 rings (SSSR count). The van der Waals surface area contributed by atoms with E-state index in [-0.39, 0.29) is 5.91 Å². The summed E-state index contributed by atoms with van der Waals surface area (Å²) in [6.45, 7) is 0.377. The number of hydrogen-bond acceptors (Lipinski definition) is 4. The number of nitriles is 1. The number of rotatable bonds is 5. The van der Waals surface area contributed by atoms with Crippen LogP contribution in [0.3, 0.4) is 0 Å². The van der Waals surface area contributed by atoms with Gasteiger partial charge in [-0.25, -0.2) is 0 Å². The standard InChI is InChI=1S/C24H27N3O2/c1-26-16-21(28)22(18-8-4-2-5-9-18)27-20-11-10-17(15-25)14-19(20)24(23(27)29)12-6-3-7-13-24/h2,4-5,8-11,14,21-22,26,28H,3,6-7,12-13,16H2,1H3. The van der Waals surface area contributed by atoms with E-state index in [9.17, 15) is 15.2 Å². The van der Waals surface area contributed by atoms with Crippen molar-refractivity contribution in [3.8, 4) is 6.07 Å². The van der Waals surface area contributed by atoms with Gasteiger partial charge in [0.15, 0.2) is 0 Å². The first-order valence-corrected chi connectivity index (χ1v) is 10.4. The molecule has 0 bridgehead atoms. The predicted molar refractivity (Wildman–Crippen MR) is 113 cm³/mol. The van der Waals surface area contributed by atoms with Gasteiger partial charge in [0.05, 0.1) is 29.2 Å². The number of likely N-dealkylation sites (N-methyl/N-ethyl adjacent to an activating group) is 1. The molecule has 1 aliphatic carbocycles. The number of hydrogen-bond donors (Lipinski definition) is 2. The summed E-state index contributed by atoms with van der Waals surface area (Å²) in [5, 5.41) is 23.5. The molecular weight excluding hydrogens is 362 g/mol. The number of aliphatic hydroxyl groups is 1. The number of nitrogens with zero attached hydrogens (tertiary/aromatic N) is 2. The molecule has 0 saturated heterocycles. The Balaban J connectivity index is 1.88. The van der Waals surface area contributed by atoms with Crippen LogP contribution in [0.15, 0.2) is 48.5 Å². The smallest absolute Gasteiger partial charge is 0.238 e. The summed E-state index contributed by atoms with van der Waals surface area (Å²) in [4.78, 5) is 15.8. The molecule has 0 radical (unpaired) electrons. The second kappa shape index (κ2) is 7.98. The molecule has 29 heavy (non-hydrogen) atoms. The molecule has 1 saturated carbocycles. The Morgan fingerprint density at radius 3 is 2.55 bits per heavy atom. The topological polar surface area (TPSA) is 76.4 Å². The van der Waals surface area contributed by atoms with Crippen molar-refractivity contribution in [1.82, 2.24) is 5.32 Å². The van der Waals surface area contributed by atoms with Crippen LogP contribution in [0.4, 0.5) is 5.69 Å². The molecule has 1 fully saturated rings. The van der Waals surface area contributed by atoms with Crippen LogP contribution in [0.1, 0.15) is 54.8 Å². The lowest BCUT2D eigenvalue weighted by Crippen LogP contribution is -2.47. The monoisotopic (exact) mass is 389 g/mol. The van der Waals surface area contributed by atoms with E-state index in [1.165, 1.54) is 0 Å². The summed E-state index contributed by atoms with van der Waals surface area (Å²) in [6.07, 6.45) is 3.98. The van der Waals surface area contributed by atoms with Crippen molar-refractivity contribution >= 4 is 11.6 Å². The van der Waals surface area contributed by atoms with E-state index in [4.69, 9.17) is 0 Å². The SMILES string of the molecule is CNCC(O)C(c1ccccc1)N1C(=O)C2(CCCCC2)c2cc(C#N)ccc21. The van der Waals surface area contributed by atoms with Crippen LogP contribution in [0.2, 0.25) is 0 Å². The molecule has 2 unspecified atom stereocenters. The van der Waals surface area contributed by atoms with E-state index < -0.39 is 17.6 Å². The summed E-state index contributed by atoms with van der Waals surface area (Å²) >= 11 is 0. The van der Waals surface area contributed by atoms with Gasteiger partial charge in [0, 0.05) is 12.2 Å². The maximum Gasteiger partial charge on any atom is 0.238 e. The largest absolute Gasteiger partial charge is 0.389 e. The minimum atomic E-state index is -0.756. The minimum absolute atomic E-state index is 0.0614. The lowest BCUT2D eigenvalue weighted by molar-refractivity contribution is -0.125. The first kappa shape index (κ1) is 19.6. The van der Waals surface area contributed by atoms with Crippen molar-refractivity contribution in [3.05, 3.63) is 65.2 Å². The number of anilines is 1. The highest BCUT2D eigenvalue weighted by atomic mass is 16.3. The van der Waals surface area contributed by atoms with E-state index in [1.807, 2.05) is 42.5 Å². The first-order valence-electron chi connectivity index (χ1n) is 10.4. The molecule has 2 aromatic carbocycles. The van der Waals surface area contributed by atoms with Gasteiger partial charge in [0.2, 0.25) is 5.91 Å². The molecule has 1 aliphatic heterocycles. The lowest BCUT2D eigenvalue weighted by atomic mass is 9.70. The van der Waals surface area contributed by atoms with Crippen molar-refractivity contribution in [3.63, 3.8) is 0 Å². The molecule has 2 aromatic rings. The number of benzene rings is 2. The zero-order valence-corrected chi connectivity index (χ0v) is 16.8. The molecule has 1 spiro atoms. The number of fused-ring (bicyclic) bond motifs is 2. The fraction of sp³-hybridized carbons (Fsp3) is 0.417. The van der Waals surface area contributed by atoms with Crippen LogP contribution in [0.5, 0.6) is 0 Å². The molecule has 5 heteroatoms. The molecule has 2 aliphatic rings. The highest BCUT2D eigenvalue weighted by molar-refractivity contribution is 6.09. The van der Waals surface area contributed by atoms with Crippen LogP contribution in [0.25, 0.3) is 0 Å². The molecule has 5 nitrogen and oxygen atoms in total. The predicted octanol–water partition coefficient (Wildman–Crippen LogP) is 3.43. The van der Waals surface area contributed by atoms with E-state index in [0.29, 0.717) is 12.1 Å². The van der Waals surface area contributed by atoms with Crippen molar-refractivity contribution in [2.75, 3.05) is 18.5 Å². The number of nitrogens with one attached hydrogen (secondary N) is 1. The van der Waals surface area contributed by atoms with Gasteiger partial charge >= 0.3 is 0 Å². The van der Waals surface area contributed by atoms with Gasteiger partial charge in [-0.05, 0) is 49.2 Å². The van der Waals surface area contributed by atoms with Gasteiger partial charge in [-0.2, -0.15) is 5.26 Å². The summed E-state index contributed by atoms with van der Waals surface area (Å²) in [5.74, 6) is 0.0614. The van der Waals surface area contributed by atoms with Gasteiger partial charge in [0.25, 0.3) is 0 Å². The maximum atomic E-state index is 14.0. The molecule has 1 heterocycles. The third kappa shape index (κ3) is 3.23. The average molecular weight is 389 g/mol. The molecule has 150 valence electrons. The van der Waals surface area contributed by atoms with Gasteiger partial charge in [-0.1, -0.05) is 49.6 Å². The van der Waals surface area contributed by atoms with Crippen molar-refractivity contribution in [2.24, 2.45) is 0 Å². The fourth-order valence-electron chi connectivity index (χ4n) is 5.08. The van der Waals surface area contributed by atoms with Crippen LogP contribution in [0, 0.1) is 11.3 Å². The second-order valence-electron chi connectivity index (χ2n) is 8.14. The van der Waals surface area contributed by atoms with E-state index in [1.54, 1.807) is 18.0 Å². The number of amides is 1. The Morgan fingerprint density at radius 2 is 1.90 bits per heavy atom. The molecule has 2 atom stereocenters. The quantitative estimate of drug-likeness (QED) is 0.821. The summed E-state index contributed by atoms with van der Waals surface area (Å²) < 4.78 is 0. The fourth-order valence-corrected chi connectivity index (χ4v) is 5.08. The molecule has 2 N–H and O–H groups in total. The Hall–Kier alpha value is -2.68. The van der Waals surface area contributed by atoms with Crippen LogP contribution >= 0.6 is 0 Å². The third-order valence-electron chi connectivity index (χ3n) is 6.43. The zero-order chi connectivity index (χ0) is 20.4. The van der Waals surface area contributed by atoms with E-state index in [0.717, 1.165) is 48.9 Å². The van der Waals surface area contributed by atoms with Crippen molar-refractivity contribution in [1.29, 1.82) is 5.26 Å². The average Bonchev–Trinajstić information content (AvgIpc) is 2.98. The highest BCUT2D eigenvalue weighted by Gasteiger charge is 2.53. The molecular formula is C24H27N3O2. The second-order valence-corrected chi connectivity index (χ2v) is 8.14. The van der Waals surface area contributed by atoms with Crippen LogP contribution in [-0.2, 0) is 10.2 Å². The van der Waals surface area contributed by atoms with E-state index >= 15 is 0 Å². The summed E-state index contributed by atoms with van der Waals surface area (Å²) in [7, 11) is 1.80. The van der Waals surface area contributed by atoms with Crippen molar-refractivity contribution in [2.45, 2.75) is 49.7 Å². The molecule has 0 aromatic heterocycles. The Kier molecular flexibility index (Phi) is 5.40. The van der Waals surface area contributed by atoms with Gasteiger partial charge in [-0.15, -0.1) is 0 Å². The van der Waals surface area contributed by atoms with E-state index in [2.05, 4.69) is 11.4 Å². The Bertz CT molecular complexity index is 929. The van der Waals surface area contributed by atoms with Crippen LogP contribution in [-0.4, -0.2) is 30.7 Å². The van der Waals surface area contributed by atoms with Gasteiger partial charge < -0.3 is 15.3 Å². The normalized spacial score (nSPS) is 19.6. The lowest BCUT2D eigenvalue weighted by Gasteiger charge is -2.36. The summed E-state index contributed by atoms with van der Waals surface area (Å²) in [6, 6.07) is 17.0. The number of aliphatic hydroxyl groups excluding tert-OH is 1. The Morgan fingerprint density at radius 1 is 1.17 bits per heavy atom. The van der Waals surface area contributed by atoms with Crippen LogP contribution < -0.4 is 10.2 Å². The first-order chi connectivity index (χ1) is 14.1. The summed E-state index contributed by atoms with van der Waals surface area (Å²) in [5.41, 5.74) is 2.70.